The molecule has 1 aromatic heterocycles. The molecule has 0 aliphatic heterocycles. The van der Waals surface area contributed by atoms with Crippen molar-refractivity contribution in [1.29, 1.82) is 0 Å². The lowest BCUT2D eigenvalue weighted by atomic mass is 9.64. The molecule has 2 rings (SSSR count). The minimum Gasteiger partial charge on any atom is -0.394 e. The van der Waals surface area contributed by atoms with E-state index >= 15 is 0 Å². The van der Waals surface area contributed by atoms with Gasteiger partial charge >= 0.3 is 6.03 Å². The van der Waals surface area contributed by atoms with Gasteiger partial charge in [0.15, 0.2) is 0 Å². The highest BCUT2D eigenvalue weighted by Gasteiger charge is 2.43. The van der Waals surface area contributed by atoms with Crippen molar-refractivity contribution in [2.75, 3.05) is 25.6 Å². The number of carbonyl (C=O) groups excluding carboxylic acids is 1. The van der Waals surface area contributed by atoms with Crippen LogP contribution < -0.4 is 10.6 Å². The fraction of sp³-hybridized carbons (Fsp3) is 0.765. The van der Waals surface area contributed by atoms with Gasteiger partial charge in [0.2, 0.25) is 0 Å². The van der Waals surface area contributed by atoms with E-state index in [2.05, 4.69) is 36.5 Å². The van der Waals surface area contributed by atoms with Gasteiger partial charge in [-0.15, -0.1) is 0 Å². The van der Waals surface area contributed by atoms with Gasteiger partial charge in [0.25, 0.3) is 0 Å². The number of aliphatic hydroxyl groups is 1. The molecule has 136 valence electrons. The number of nitrogens with zero attached hydrogens (tertiary/aromatic N) is 2. The van der Waals surface area contributed by atoms with Crippen molar-refractivity contribution >= 4 is 11.7 Å². The first kappa shape index (κ1) is 18.7. The van der Waals surface area contributed by atoms with Gasteiger partial charge in [0.05, 0.1) is 37.2 Å². The number of aromatic nitrogens is 2. The van der Waals surface area contributed by atoms with Gasteiger partial charge in [-0.2, -0.15) is 5.10 Å². The normalized spacial score (nSPS) is 26.1. The summed E-state index contributed by atoms with van der Waals surface area (Å²) < 4.78 is 6.72. The number of methoxy groups -OCH3 is 1. The maximum atomic E-state index is 12.4. The fourth-order valence-corrected chi connectivity index (χ4v) is 4.14. The molecule has 0 unspecified atom stereocenters. The number of carbonyl (C=O) groups is 1. The summed E-state index contributed by atoms with van der Waals surface area (Å²) in [5.41, 5.74) is 0.149. The van der Waals surface area contributed by atoms with Gasteiger partial charge in [0, 0.05) is 13.3 Å². The topological polar surface area (TPSA) is 88.4 Å². The summed E-state index contributed by atoms with van der Waals surface area (Å²) in [6, 6.07) is -0.305. The second kappa shape index (κ2) is 7.53. The Bertz CT molecular complexity index is 558. The molecular weight excluding hydrogens is 308 g/mol. The van der Waals surface area contributed by atoms with Gasteiger partial charge in [0.1, 0.15) is 0 Å². The van der Waals surface area contributed by atoms with E-state index in [4.69, 9.17) is 4.74 Å². The maximum absolute atomic E-state index is 12.4. The van der Waals surface area contributed by atoms with Gasteiger partial charge in [-0.1, -0.05) is 20.8 Å². The first-order valence-corrected chi connectivity index (χ1v) is 8.49. The van der Waals surface area contributed by atoms with Gasteiger partial charge in [-0.05, 0) is 30.6 Å². The highest BCUT2D eigenvalue weighted by Crippen LogP contribution is 2.43. The predicted molar refractivity (Wildman–Crippen MR) is 92.9 cm³/mol. The van der Waals surface area contributed by atoms with Crippen LogP contribution in [0.25, 0.3) is 0 Å². The third-order valence-electron chi connectivity index (χ3n) is 4.55. The Balaban J connectivity index is 1.98. The Morgan fingerprint density at radius 3 is 2.88 bits per heavy atom. The lowest BCUT2D eigenvalue weighted by Gasteiger charge is -2.47. The molecule has 2 amide bonds. The summed E-state index contributed by atoms with van der Waals surface area (Å²) >= 11 is 0. The van der Waals surface area contributed by atoms with Crippen LogP contribution in [-0.2, 0) is 11.3 Å². The quantitative estimate of drug-likeness (QED) is 0.742. The number of urea groups is 1. The Labute approximate surface area is 143 Å². The Kier molecular flexibility index (Phi) is 5.87. The molecule has 2 atom stereocenters. The minimum atomic E-state index is -0.572. The molecule has 0 radical (unpaired) electrons. The fourth-order valence-electron chi connectivity index (χ4n) is 4.14. The molecule has 7 heteroatoms. The van der Waals surface area contributed by atoms with Crippen LogP contribution in [0, 0.1) is 11.3 Å². The molecule has 7 nitrogen and oxygen atoms in total. The van der Waals surface area contributed by atoms with Crippen LogP contribution in [0.15, 0.2) is 12.4 Å². The largest absolute Gasteiger partial charge is 0.394 e. The van der Waals surface area contributed by atoms with E-state index in [0.717, 1.165) is 19.3 Å². The lowest BCUT2D eigenvalue weighted by molar-refractivity contribution is 0.0446. The zero-order chi connectivity index (χ0) is 17.8. The van der Waals surface area contributed by atoms with Crippen LogP contribution in [0.5, 0.6) is 0 Å². The highest BCUT2D eigenvalue weighted by atomic mass is 16.5. The molecule has 0 aromatic carbocycles. The van der Waals surface area contributed by atoms with Crippen molar-refractivity contribution in [2.45, 2.75) is 52.1 Å². The molecule has 0 spiro atoms. The molecule has 24 heavy (non-hydrogen) atoms. The van der Waals surface area contributed by atoms with Crippen LogP contribution in [-0.4, -0.2) is 46.8 Å². The Morgan fingerprint density at radius 2 is 2.25 bits per heavy atom. The van der Waals surface area contributed by atoms with E-state index in [1.165, 1.54) is 0 Å². The molecule has 1 fully saturated rings. The highest BCUT2D eigenvalue weighted by molar-refractivity contribution is 5.89. The van der Waals surface area contributed by atoms with Crippen molar-refractivity contribution in [3.8, 4) is 0 Å². The summed E-state index contributed by atoms with van der Waals surface area (Å²) in [6.07, 6.45) is 6.02. The van der Waals surface area contributed by atoms with Gasteiger partial charge in [-0.3, -0.25) is 4.68 Å². The number of anilines is 1. The second-order valence-electron chi connectivity index (χ2n) is 7.86. The van der Waals surface area contributed by atoms with Gasteiger partial charge in [-0.25, -0.2) is 4.79 Å². The van der Waals surface area contributed by atoms with Crippen molar-refractivity contribution in [2.24, 2.45) is 11.3 Å². The van der Waals surface area contributed by atoms with Crippen LogP contribution in [0.4, 0.5) is 10.5 Å². The SMILES string of the molecule is COCCn1cc(NC(=O)N[C@]2(CO)C[C@H](C)CC(C)(C)C2)cn1. The van der Waals surface area contributed by atoms with E-state index in [1.54, 1.807) is 24.2 Å². The maximum Gasteiger partial charge on any atom is 0.319 e. The lowest BCUT2D eigenvalue weighted by Crippen LogP contribution is -2.58. The molecular formula is C17H30N4O3. The number of hydrogen-bond acceptors (Lipinski definition) is 4. The number of amides is 2. The first-order valence-electron chi connectivity index (χ1n) is 8.49. The monoisotopic (exact) mass is 338 g/mol. The number of hydrogen-bond donors (Lipinski definition) is 3. The summed E-state index contributed by atoms with van der Waals surface area (Å²) in [5.74, 6) is 0.456. The second-order valence-corrected chi connectivity index (χ2v) is 7.86. The number of rotatable bonds is 6. The minimum absolute atomic E-state index is 0.0543. The average Bonchev–Trinajstić information content (AvgIpc) is 2.90. The average molecular weight is 338 g/mol. The zero-order valence-electron chi connectivity index (χ0n) is 15.1. The third kappa shape index (κ3) is 4.95. The van der Waals surface area contributed by atoms with Gasteiger partial charge < -0.3 is 20.5 Å². The predicted octanol–water partition coefficient (Wildman–Crippen LogP) is 2.23. The summed E-state index contributed by atoms with van der Waals surface area (Å²) in [6.45, 7) is 7.69. The third-order valence-corrected chi connectivity index (χ3v) is 4.55. The number of aliphatic hydroxyl groups excluding tert-OH is 1. The summed E-state index contributed by atoms with van der Waals surface area (Å²) in [4.78, 5) is 12.4. The number of nitrogens with one attached hydrogen (secondary N) is 2. The van der Waals surface area contributed by atoms with Crippen LogP contribution >= 0.6 is 0 Å². The van der Waals surface area contributed by atoms with E-state index < -0.39 is 5.54 Å². The Hall–Kier alpha value is -1.60. The van der Waals surface area contributed by atoms with E-state index in [9.17, 15) is 9.90 Å². The summed E-state index contributed by atoms with van der Waals surface area (Å²) in [7, 11) is 1.64. The smallest absolute Gasteiger partial charge is 0.319 e. The van der Waals surface area contributed by atoms with Crippen LogP contribution in [0.2, 0.25) is 0 Å². The van der Waals surface area contributed by atoms with Crippen molar-refractivity contribution in [3.05, 3.63) is 12.4 Å². The van der Waals surface area contributed by atoms with Crippen molar-refractivity contribution in [3.63, 3.8) is 0 Å². The molecule has 1 aliphatic carbocycles. The van der Waals surface area contributed by atoms with Crippen molar-refractivity contribution < 1.29 is 14.6 Å². The number of ether oxygens (including phenoxy) is 1. The van der Waals surface area contributed by atoms with E-state index in [0.29, 0.717) is 24.8 Å². The molecule has 1 aliphatic rings. The van der Waals surface area contributed by atoms with E-state index in [1.807, 2.05) is 0 Å². The van der Waals surface area contributed by atoms with Crippen LogP contribution in [0.1, 0.15) is 40.0 Å². The first-order chi connectivity index (χ1) is 11.3. The molecule has 0 saturated heterocycles. The Morgan fingerprint density at radius 1 is 1.50 bits per heavy atom. The standard InChI is InChI=1S/C17H30N4O3/c1-13-7-16(2,3)11-17(8-13,12-22)20-15(23)19-14-9-18-21(10-14)5-6-24-4/h9-10,13,22H,5-8,11-12H2,1-4H3,(H2,19,20,23)/t13-,17-/m1/s1. The van der Waals surface area contributed by atoms with Crippen LogP contribution in [0.3, 0.4) is 0 Å². The zero-order valence-corrected chi connectivity index (χ0v) is 15.1. The van der Waals surface area contributed by atoms with E-state index in [-0.39, 0.29) is 18.1 Å². The molecule has 1 aromatic rings. The molecule has 1 saturated carbocycles. The molecule has 0 bridgehead atoms. The van der Waals surface area contributed by atoms with Crippen molar-refractivity contribution in [1.82, 2.24) is 15.1 Å². The molecule has 1 heterocycles. The summed E-state index contributed by atoms with van der Waals surface area (Å²) in [5, 5.41) is 19.9. The molecule has 3 N–H and O–H groups in total.